The Kier molecular flexibility index (Phi) is 6.58. The number of aliphatic hydroxyl groups is 1. The molecule has 1 N–H and O–H groups in total. The number of aliphatic hydroxyl groups excluding tert-OH is 1. The van der Waals surface area contributed by atoms with Crippen LogP contribution in [0.4, 0.5) is 5.69 Å². The van der Waals surface area contributed by atoms with Gasteiger partial charge in [0.05, 0.1) is 24.6 Å². The normalized spacial score (nSPS) is 27.2. The van der Waals surface area contributed by atoms with Gasteiger partial charge in [0.15, 0.2) is 6.35 Å². The summed E-state index contributed by atoms with van der Waals surface area (Å²) in [7, 11) is 7.72. The molecule has 1 amide bonds. The van der Waals surface area contributed by atoms with Crippen LogP contribution in [-0.2, 0) is 10.3 Å². The number of rotatable bonds is 5. The fraction of sp³-hybridized carbons (Fsp3) is 0.520. The van der Waals surface area contributed by atoms with Gasteiger partial charge in [0.25, 0.3) is 0 Å². The van der Waals surface area contributed by atoms with E-state index in [1.54, 1.807) is 31.4 Å². The van der Waals surface area contributed by atoms with E-state index >= 15 is 0 Å². The minimum Gasteiger partial charge on any atom is -0.361 e. The van der Waals surface area contributed by atoms with Gasteiger partial charge >= 0.3 is 0 Å². The Morgan fingerprint density at radius 2 is 1.74 bits per heavy atom. The molecule has 1 aromatic carbocycles. The molecule has 1 aliphatic carbocycles. The Hall–Kier alpha value is -3.06. The number of anilines is 1. The van der Waals surface area contributed by atoms with Crippen molar-refractivity contribution in [2.75, 3.05) is 46.2 Å². The molecule has 2 heterocycles. The standard InChI is InChI=1S/C25H33N7O2/c1-29(2)22(33)17-32-23(34)31(20-15-27-21(14-26)28-16-20)18-24(32)10-12-25(13-11-24,30(3)4)19-8-6-5-7-9-19/h5-9,15-16,23,34H,10-13,17-18H2,1-4H3/t23?,24-,25+. The highest BCUT2D eigenvalue weighted by Gasteiger charge is 2.55. The zero-order valence-corrected chi connectivity index (χ0v) is 20.3. The number of carbonyl (C=O) groups is 1. The summed E-state index contributed by atoms with van der Waals surface area (Å²) in [5.74, 6) is 0.0342. The molecule has 34 heavy (non-hydrogen) atoms. The van der Waals surface area contributed by atoms with Crippen molar-refractivity contribution >= 4 is 11.6 Å². The van der Waals surface area contributed by atoms with Crippen LogP contribution in [0.3, 0.4) is 0 Å². The Balaban J connectivity index is 1.66. The molecule has 0 bridgehead atoms. The fourth-order valence-corrected chi connectivity index (χ4v) is 5.51. The van der Waals surface area contributed by atoms with Gasteiger partial charge in [-0.25, -0.2) is 14.9 Å². The second-order valence-electron chi connectivity index (χ2n) is 9.78. The average Bonchev–Trinajstić information content (AvgIpc) is 3.11. The highest BCUT2D eigenvalue weighted by molar-refractivity contribution is 5.78. The van der Waals surface area contributed by atoms with Crippen molar-refractivity contribution in [2.24, 2.45) is 0 Å². The van der Waals surface area contributed by atoms with Crippen LogP contribution < -0.4 is 4.90 Å². The van der Waals surface area contributed by atoms with E-state index in [9.17, 15) is 9.90 Å². The van der Waals surface area contributed by atoms with Crippen LogP contribution in [0.1, 0.15) is 37.1 Å². The molecular formula is C25H33N7O2. The van der Waals surface area contributed by atoms with Crippen LogP contribution in [0, 0.1) is 11.3 Å². The van der Waals surface area contributed by atoms with Gasteiger partial charge in [-0.2, -0.15) is 5.26 Å². The van der Waals surface area contributed by atoms with Crippen molar-refractivity contribution in [1.82, 2.24) is 24.7 Å². The van der Waals surface area contributed by atoms with E-state index in [4.69, 9.17) is 5.26 Å². The molecule has 1 saturated heterocycles. The Labute approximate surface area is 201 Å². The first-order valence-corrected chi connectivity index (χ1v) is 11.6. The zero-order chi connectivity index (χ0) is 24.5. The monoisotopic (exact) mass is 463 g/mol. The minimum atomic E-state index is -0.982. The highest BCUT2D eigenvalue weighted by atomic mass is 16.3. The molecule has 1 atom stereocenters. The fourth-order valence-electron chi connectivity index (χ4n) is 5.51. The first-order chi connectivity index (χ1) is 16.2. The second kappa shape index (κ2) is 9.29. The van der Waals surface area contributed by atoms with Gasteiger partial charge in [0.2, 0.25) is 11.7 Å². The Bertz CT molecular complexity index is 1040. The average molecular weight is 464 g/mol. The molecule has 0 radical (unpaired) electrons. The molecule has 1 aliphatic heterocycles. The number of likely N-dealkylation sites (N-methyl/N-ethyl adjacent to an activating group) is 1. The van der Waals surface area contributed by atoms with Gasteiger partial charge < -0.3 is 14.9 Å². The third-order valence-electron chi connectivity index (χ3n) is 7.68. The summed E-state index contributed by atoms with van der Waals surface area (Å²) < 4.78 is 0. The van der Waals surface area contributed by atoms with E-state index in [0.717, 1.165) is 25.7 Å². The predicted octanol–water partition coefficient (Wildman–Crippen LogP) is 1.60. The van der Waals surface area contributed by atoms with Gasteiger partial charge in [-0.05, 0) is 45.3 Å². The molecular weight excluding hydrogens is 430 g/mol. The number of carbonyl (C=O) groups excluding carboxylic acids is 1. The molecule has 2 fully saturated rings. The second-order valence-corrected chi connectivity index (χ2v) is 9.78. The molecule has 1 aromatic heterocycles. The van der Waals surface area contributed by atoms with E-state index in [1.807, 2.05) is 21.9 Å². The van der Waals surface area contributed by atoms with Crippen molar-refractivity contribution < 1.29 is 9.90 Å². The maximum Gasteiger partial charge on any atom is 0.236 e. The van der Waals surface area contributed by atoms with Gasteiger partial charge in [0, 0.05) is 31.7 Å². The lowest BCUT2D eigenvalue weighted by atomic mass is 9.68. The van der Waals surface area contributed by atoms with Crippen LogP contribution >= 0.6 is 0 Å². The molecule has 2 aliphatic rings. The summed E-state index contributed by atoms with van der Waals surface area (Å²) in [6.07, 6.45) is 5.61. The number of hydrogen-bond donors (Lipinski definition) is 1. The van der Waals surface area contributed by atoms with Gasteiger partial charge in [-0.3, -0.25) is 9.69 Å². The largest absolute Gasteiger partial charge is 0.361 e. The molecule has 180 valence electrons. The molecule has 1 unspecified atom stereocenters. The molecule has 9 nitrogen and oxygen atoms in total. The molecule has 2 aromatic rings. The van der Waals surface area contributed by atoms with Crippen molar-refractivity contribution in [2.45, 2.75) is 43.1 Å². The van der Waals surface area contributed by atoms with Crippen LogP contribution in [-0.4, -0.2) is 88.9 Å². The zero-order valence-electron chi connectivity index (χ0n) is 20.3. The quantitative estimate of drug-likeness (QED) is 0.714. The first kappa shape index (κ1) is 24.1. The van der Waals surface area contributed by atoms with E-state index in [-0.39, 0.29) is 29.4 Å². The minimum absolute atomic E-state index is 0.0520. The third-order valence-corrected chi connectivity index (χ3v) is 7.68. The van der Waals surface area contributed by atoms with E-state index in [0.29, 0.717) is 12.2 Å². The number of hydrogen-bond acceptors (Lipinski definition) is 8. The summed E-state index contributed by atoms with van der Waals surface area (Å²) in [6, 6.07) is 12.5. The Morgan fingerprint density at radius 3 is 2.26 bits per heavy atom. The van der Waals surface area contributed by atoms with Crippen LogP contribution in [0.2, 0.25) is 0 Å². The summed E-state index contributed by atoms with van der Waals surface area (Å²) in [5.41, 5.74) is 1.47. The number of nitrogens with zero attached hydrogens (tertiary/aromatic N) is 7. The molecule has 1 spiro atoms. The smallest absolute Gasteiger partial charge is 0.236 e. The van der Waals surface area contributed by atoms with E-state index in [1.165, 1.54) is 5.56 Å². The maximum atomic E-state index is 12.7. The summed E-state index contributed by atoms with van der Waals surface area (Å²) in [5, 5.41) is 20.4. The van der Waals surface area contributed by atoms with Crippen LogP contribution in [0.25, 0.3) is 0 Å². The number of nitriles is 1. The maximum absolute atomic E-state index is 12.7. The van der Waals surface area contributed by atoms with E-state index < -0.39 is 6.35 Å². The lowest BCUT2D eigenvalue weighted by Gasteiger charge is -2.51. The SMILES string of the molecule is CN(C)C(=O)CN1C(O)N(c2cnc(C#N)nc2)C[C@]12CC[C@](c1ccccc1)(N(C)C)CC2. The van der Waals surface area contributed by atoms with E-state index in [2.05, 4.69) is 53.2 Å². The van der Waals surface area contributed by atoms with Gasteiger partial charge in [-0.1, -0.05) is 30.3 Å². The molecule has 4 rings (SSSR count). The summed E-state index contributed by atoms with van der Waals surface area (Å²) in [4.78, 5) is 28.6. The first-order valence-electron chi connectivity index (χ1n) is 11.6. The Morgan fingerprint density at radius 1 is 1.12 bits per heavy atom. The van der Waals surface area contributed by atoms with Crippen molar-refractivity contribution in [1.29, 1.82) is 5.26 Å². The van der Waals surface area contributed by atoms with Crippen LogP contribution in [0.5, 0.6) is 0 Å². The lowest BCUT2D eigenvalue weighted by Crippen LogP contribution is -2.57. The highest BCUT2D eigenvalue weighted by Crippen LogP contribution is 2.49. The van der Waals surface area contributed by atoms with Crippen LogP contribution in [0.15, 0.2) is 42.7 Å². The van der Waals surface area contributed by atoms with Gasteiger partial charge in [-0.15, -0.1) is 0 Å². The number of amides is 1. The van der Waals surface area contributed by atoms with Crippen molar-refractivity contribution in [3.63, 3.8) is 0 Å². The molecule has 1 saturated carbocycles. The van der Waals surface area contributed by atoms with Crippen molar-refractivity contribution in [3.8, 4) is 6.07 Å². The third kappa shape index (κ3) is 4.13. The topological polar surface area (TPSA) is 99.8 Å². The van der Waals surface area contributed by atoms with Gasteiger partial charge in [0.1, 0.15) is 6.07 Å². The summed E-state index contributed by atoms with van der Waals surface area (Å²) >= 11 is 0. The number of benzene rings is 1. The summed E-state index contributed by atoms with van der Waals surface area (Å²) in [6.45, 7) is 0.685. The van der Waals surface area contributed by atoms with Crippen molar-refractivity contribution in [3.05, 3.63) is 54.1 Å². The lowest BCUT2D eigenvalue weighted by molar-refractivity contribution is -0.136. The predicted molar refractivity (Wildman–Crippen MR) is 129 cm³/mol. The number of aromatic nitrogens is 2. The molecule has 9 heteroatoms.